The molecule has 0 aliphatic heterocycles. The Bertz CT molecular complexity index is 823. The summed E-state index contributed by atoms with van der Waals surface area (Å²) in [5.41, 5.74) is 2.79. The maximum absolute atomic E-state index is 11.0. The molecule has 0 atom stereocenters. The highest BCUT2D eigenvalue weighted by atomic mass is 16.5. The SMILES string of the molecule is CC(=O)Nc1ccc(OCc2nc(-c3ccc(C)cc3)no2)cc1. The Morgan fingerprint density at radius 3 is 2.50 bits per heavy atom. The molecule has 0 radical (unpaired) electrons. The van der Waals surface area contributed by atoms with Crippen molar-refractivity contribution in [2.24, 2.45) is 0 Å². The van der Waals surface area contributed by atoms with Crippen LogP contribution in [0.3, 0.4) is 0 Å². The van der Waals surface area contributed by atoms with Gasteiger partial charge in [0.1, 0.15) is 5.75 Å². The van der Waals surface area contributed by atoms with Gasteiger partial charge in [-0.1, -0.05) is 35.0 Å². The highest BCUT2D eigenvalue weighted by molar-refractivity contribution is 5.88. The third-order valence-corrected chi connectivity index (χ3v) is 3.31. The van der Waals surface area contributed by atoms with Gasteiger partial charge in [-0.2, -0.15) is 4.98 Å². The van der Waals surface area contributed by atoms with Crippen LogP contribution in [0.5, 0.6) is 5.75 Å². The molecule has 1 aromatic heterocycles. The smallest absolute Gasteiger partial charge is 0.264 e. The number of rotatable bonds is 5. The van der Waals surface area contributed by atoms with Gasteiger partial charge in [0.05, 0.1) is 0 Å². The number of aryl methyl sites for hydroxylation is 1. The Hall–Kier alpha value is -3.15. The maximum Gasteiger partial charge on any atom is 0.264 e. The van der Waals surface area contributed by atoms with Crippen LogP contribution in [-0.2, 0) is 11.4 Å². The second-order valence-corrected chi connectivity index (χ2v) is 5.37. The number of aromatic nitrogens is 2. The van der Waals surface area contributed by atoms with E-state index in [0.717, 1.165) is 5.56 Å². The predicted molar refractivity (Wildman–Crippen MR) is 89.5 cm³/mol. The van der Waals surface area contributed by atoms with E-state index in [1.54, 1.807) is 24.3 Å². The predicted octanol–water partition coefficient (Wildman–Crippen LogP) is 3.58. The van der Waals surface area contributed by atoms with E-state index in [1.807, 2.05) is 31.2 Å². The van der Waals surface area contributed by atoms with E-state index in [2.05, 4.69) is 15.5 Å². The monoisotopic (exact) mass is 323 g/mol. The summed E-state index contributed by atoms with van der Waals surface area (Å²) < 4.78 is 10.8. The lowest BCUT2D eigenvalue weighted by Gasteiger charge is -2.05. The molecule has 24 heavy (non-hydrogen) atoms. The Morgan fingerprint density at radius 1 is 1.12 bits per heavy atom. The van der Waals surface area contributed by atoms with E-state index in [4.69, 9.17) is 9.26 Å². The highest BCUT2D eigenvalue weighted by Gasteiger charge is 2.09. The molecule has 6 nitrogen and oxygen atoms in total. The molecule has 0 spiro atoms. The average molecular weight is 323 g/mol. The van der Waals surface area contributed by atoms with E-state index in [0.29, 0.717) is 23.2 Å². The molecule has 3 rings (SSSR count). The lowest BCUT2D eigenvalue weighted by Crippen LogP contribution is -2.05. The molecule has 0 saturated heterocycles. The van der Waals surface area contributed by atoms with E-state index in [9.17, 15) is 4.79 Å². The number of carbonyl (C=O) groups is 1. The van der Waals surface area contributed by atoms with Gasteiger partial charge >= 0.3 is 0 Å². The normalized spacial score (nSPS) is 10.4. The lowest BCUT2D eigenvalue weighted by atomic mass is 10.1. The number of hydrogen-bond donors (Lipinski definition) is 1. The molecule has 2 aromatic carbocycles. The van der Waals surface area contributed by atoms with Crippen molar-refractivity contribution in [1.82, 2.24) is 10.1 Å². The van der Waals surface area contributed by atoms with Crippen LogP contribution in [0.15, 0.2) is 53.1 Å². The van der Waals surface area contributed by atoms with Crippen LogP contribution in [0.1, 0.15) is 18.4 Å². The van der Waals surface area contributed by atoms with Crippen molar-refractivity contribution in [1.29, 1.82) is 0 Å². The standard InChI is InChI=1S/C18H17N3O3/c1-12-3-5-14(6-4-12)18-20-17(24-21-18)11-23-16-9-7-15(8-10-16)19-13(2)22/h3-10H,11H2,1-2H3,(H,19,22). The first-order valence-electron chi connectivity index (χ1n) is 7.50. The summed E-state index contributed by atoms with van der Waals surface area (Å²) >= 11 is 0. The number of benzene rings is 2. The van der Waals surface area contributed by atoms with E-state index >= 15 is 0 Å². The summed E-state index contributed by atoms with van der Waals surface area (Å²) in [5, 5.41) is 6.66. The van der Waals surface area contributed by atoms with Crippen molar-refractivity contribution >= 4 is 11.6 Å². The zero-order valence-corrected chi connectivity index (χ0v) is 13.4. The number of anilines is 1. The first-order valence-corrected chi connectivity index (χ1v) is 7.50. The second-order valence-electron chi connectivity index (χ2n) is 5.37. The van der Waals surface area contributed by atoms with Gasteiger partial charge in [-0.05, 0) is 31.2 Å². The summed E-state index contributed by atoms with van der Waals surface area (Å²) in [5.74, 6) is 1.48. The van der Waals surface area contributed by atoms with Gasteiger partial charge in [-0.15, -0.1) is 0 Å². The molecule has 1 heterocycles. The topological polar surface area (TPSA) is 77.2 Å². The maximum atomic E-state index is 11.0. The second kappa shape index (κ2) is 6.95. The van der Waals surface area contributed by atoms with Gasteiger partial charge in [0.15, 0.2) is 6.61 Å². The third-order valence-electron chi connectivity index (χ3n) is 3.31. The van der Waals surface area contributed by atoms with Crippen molar-refractivity contribution in [3.63, 3.8) is 0 Å². The molecule has 1 N–H and O–H groups in total. The van der Waals surface area contributed by atoms with Crippen LogP contribution < -0.4 is 10.1 Å². The molecule has 0 fully saturated rings. The first kappa shape index (κ1) is 15.7. The lowest BCUT2D eigenvalue weighted by molar-refractivity contribution is -0.114. The molecule has 0 aliphatic rings. The average Bonchev–Trinajstić information content (AvgIpc) is 3.03. The van der Waals surface area contributed by atoms with Crippen LogP contribution in [0.4, 0.5) is 5.69 Å². The van der Waals surface area contributed by atoms with Crippen molar-refractivity contribution in [2.75, 3.05) is 5.32 Å². The fraction of sp³-hybridized carbons (Fsp3) is 0.167. The fourth-order valence-electron chi connectivity index (χ4n) is 2.12. The first-order chi connectivity index (χ1) is 11.6. The van der Waals surface area contributed by atoms with Gasteiger partial charge in [0.25, 0.3) is 5.89 Å². The number of carbonyl (C=O) groups excluding carboxylic acids is 1. The highest BCUT2D eigenvalue weighted by Crippen LogP contribution is 2.19. The Kier molecular flexibility index (Phi) is 4.56. The molecule has 6 heteroatoms. The van der Waals surface area contributed by atoms with E-state index in [-0.39, 0.29) is 12.5 Å². The van der Waals surface area contributed by atoms with Gasteiger partial charge < -0.3 is 14.6 Å². The van der Waals surface area contributed by atoms with E-state index < -0.39 is 0 Å². The summed E-state index contributed by atoms with van der Waals surface area (Å²) in [6.45, 7) is 3.67. The Morgan fingerprint density at radius 2 is 1.83 bits per heavy atom. The van der Waals surface area contributed by atoms with Crippen molar-refractivity contribution < 1.29 is 14.1 Å². The van der Waals surface area contributed by atoms with Crippen molar-refractivity contribution in [2.45, 2.75) is 20.5 Å². The molecule has 3 aromatic rings. The minimum atomic E-state index is -0.113. The Labute approximate surface area is 139 Å². The largest absolute Gasteiger partial charge is 0.484 e. The number of hydrogen-bond acceptors (Lipinski definition) is 5. The van der Waals surface area contributed by atoms with Crippen LogP contribution in [0.25, 0.3) is 11.4 Å². The zero-order chi connectivity index (χ0) is 16.9. The molecule has 0 unspecified atom stereocenters. The molecule has 0 bridgehead atoms. The number of nitrogens with zero attached hydrogens (tertiary/aromatic N) is 2. The van der Waals surface area contributed by atoms with E-state index in [1.165, 1.54) is 12.5 Å². The van der Waals surface area contributed by atoms with Crippen molar-refractivity contribution in [3.05, 3.63) is 60.0 Å². The number of ether oxygens (including phenoxy) is 1. The van der Waals surface area contributed by atoms with Gasteiger partial charge in [0.2, 0.25) is 11.7 Å². The van der Waals surface area contributed by atoms with Gasteiger partial charge in [-0.25, -0.2) is 0 Å². The summed E-state index contributed by atoms with van der Waals surface area (Å²) in [4.78, 5) is 15.3. The van der Waals surface area contributed by atoms with Gasteiger partial charge in [-0.3, -0.25) is 4.79 Å². The number of nitrogens with one attached hydrogen (secondary N) is 1. The zero-order valence-electron chi connectivity index (χ0n) is 13.4. The quantitative estimate of drug-likeness (QED) is 0.776. The van der Waals surface area contributed by atoms with Crippen LogP contribution >= 0.6 is 0 Å². The van der Waals surface area contributed by atoms with Crippen LogP contribution in [0.2, 0.25) is 0 Å². The minimum absolute atomic E-state index is 0.113. The molecular weight excluding hydrogens is 306 g/mol. The summed E-state index contributed by atoms with van der Waals surface area (Å²) in [7, 11) is 0. The number of amides is 1. The fourth-order valence-corrected chi connectivity index (χ4v) is 2.12. The summed E-state index contributed by atoms with van der Waals surface area (Å²) in [6, 6.07) is 15.0. The van der Waals surface area contributed by atoms with Crippen molar-refractivity contribution in [3.8, 4) is 17.1 Å². The molecule has 122 valence electrons. The van der Waals surface area contributed by atoms with Gasteiger partial charge in [0, 0.05) is 18.2 Å². The molecule has 0 aliphatic carbocycles. The molecule has 0 saturated carbocycles. The Balaban J connectivity index is 1.61. The minimum Gasteiger partial charge on any atom is -0.484 e. The van der Waals surface area contributed by atoms with Crippen LogP contribution in [0, 0.1) is 6.92 Å². The molecular formula is C18H17N3O3. The summed E-state index contributed by atoms with van der Waals surface area (Å²) in [6.07, 6.45) is 0. The van der Waals surface area contributed by atoms with Crippen LogP contribution in [-0.4, -0.2) is 16.0 Å². The molecule has 1 amide bonds. The third kappa shape index (κ3) is 3.98.